The molecule has 0 saturated carbocycles. The Morgan fingerprint density at radius 3 is 2.62 bits per heavy atom. The van der Waals surface area contributed by atoms with Crippen LogP contribution in [0.4, 0.5) is 0 Å². The lowest BCUT2D eigenvalue weighted by Gasteiger charge is -2.24. The SMILES string of the molecule is Cl.NC1CCN(C(=O)C2CC3CCC2O3)C1. The van der Waals surface area contributed by atoms with Gasteiger partial charge in [-0.15, -0.1) is 12.4 Å². The summed E-state index contributed by atoms with van der Waals surface area (Å²) in [6.07, 6.45) is 4.68. The lowest BCUT2D eigenvalue weighted by Crippen LogP contribution is -2.39. The number of ether oxygens (including phenoxy) is 1. The molecule has 0 aromatic heterocycles. The van der Waals surface area contributed by atoms with Crippen molar-refractivity contribution in [2.24, 2.45) is 11.7 Å². The van der Waals surface area contributed by atoms with Gasteiger partial charge in [-0.1, -0.05) is 0 Å². The van der Waals surface area contributed by atoms with E-state index in [0.717, 1.165) is 38.8 Å². The van der Waals surface area contributed by atoms with Crippen LogP contribution in [-0.4, -0.2) is 42.1 Å². The largest absolute Gasteiger partial charge is 0.374 e. The van der Waals surface area contributed by atoms with Crippen LogP contribution < -0.4 is 5.73 Å². The Hall–Kier alpha value is -0.320. The van der Waals surface area contributed by atoms with Crippen molar-refractivity contribution in [1.82, 2.24) is 4.90 Å². The number of rotatable bonds is 1. The molecule has 2 bridgehead atoms. The van der Waals surface area contributed by atoms with Crippen molar-refractivity contribution in [3.8, 4) is 0 Å². The number of amides is 1. The third-order valence-corrected chi connectivity index (χ3v) is 3.96. The van der Waals surface area contributed by atoms with Gasteiger partial charge in [-0.2, -0.15) is 0 Å². The van der Waals surface area contributed by atoms with Gasteiger partial charge in [0.1, 0.15) is 0 Å². The molecule has 3 fully saturated rings. The molecule has 3 aliphatic heterocycles. The van der Waals surface area contributed by atoms with Crippen LogP contribution in [0.5, 0.6) is 0 Å². The molecule has 4 nitrogen and oxygen atoms in total. The number of nitrogens with two attached hydrogens (primary N) is 1. The van der Waals surface area contributed by atoms with Crippen molar-refractivity contribution in [1.29, 1.82) is 0 Å². The number of nitrogens with zero attached hydrogens (tertiary/aromatic N) is 1. The number of carbonyl (C=O) groups excluding carboxylic acids is 1. The van der Waals surface area contributed by atoms with Gasteiger partial charge in [0.05, 0.1) is 18.1 Å². The molecule has 3 aliphatic rings. The Labute approximate surface area is 102 Å². The maximum Gasteiger partial charge on any atom is 0.228 e. The first-order valence-electron chi connectivity index (χ1n) is 5.94. The molecule has 16 heavy (non-hydrogen) atoms. The Bertz CT molecular complexity index is 287. The van der Waals surface area contributed by atoms with Crippen molar-refractivity contribution < 1.29 is 9.53 Å². The molecular formula is C11H19ClN2O2. The lowest BCUT2D eigenvalue weighted by atomic mass is 9.88. The zero-order valence-electron chi connectivity index (χ0n) is 9.30. The fraction of sp³-hybridized carbons (Fsp3) is 0.909. The third kappa shape index (κ3) is 1.94. The number of hydrogen-bond acceptors (Lipinski definition) is 3. The number of hydrogen-bond donors (Lipinski definition) is 1. The van der Waals surface area contributed by atoms with E-state index < -0.39 is 0 Å². The monoisotopic (exact) mass is 246 g/mol. The number of likely N-dealkylation sites (tertiary alicyclic amines) is 1. The van der Waals surface area contributed by atoms with Gasteiger partial charge >= 0.3 is 0 Å². The minimum Gasteiger partial charge on any atom is -0.374 e. The number of fused-ring (bicyclic) bond motifs is 2. The highest BCUT2D eigenvalue weighted by Crippen LogP contribution is 2.39. The second-order valence-electron chi connectivity index (χ2n) is 5.05. The van der Waals surface area contributed by atoms with Crippen LogP contribution in [-0.2, 0) is 9.53 Å². The van der Waals surface area contributed by atoms with Crippen LogP contribution in [0.1, 0.15) is 25.7 Å². The Morgan fingerprint density at radius 1 is 1.31 bits per heavy atom. The fourth-order valence-corrected chi connectivity index (χ4v) is 3.12. The van der Waals surface area contributed by atoms with Crippen LogP contribution in [0.15, 0.2) is 0 Å². The van der Waals surface area contributed by atoms with E-state index in [9.17, 15) is 4.79 Å². The van der Waals surface area contributed by atoms with E-state index in [-0.39, 0.29) is 36.4 Å². The van der Waals surface area contributed by atoms with Crippen LogP contribution in [0, 0.1) is 5.92 Å². The lowest BCUT2D eigenvalue weighted by molar-refractivity contribution is -0.136. The molecule has 92 valence electrons. The standard InChI is InChI=1S/C11H18N2O2.ClH/c12-7-3-4-13(6-7)11(14)9-5-8-1-2-10(9)15-8;/h7-10H,1-6,12H2;1H. The molecule has 0 aliphatic carbocycles. The first-order valence-corrected chi connectivity index (χ1v) is 5.94. The third-order valence-electron chi connectivity index (χ3n) is 3.96. The summed E-state index contributed by atoms with van der Waals surface area (Å²) in [6.45, 7) is 1.58. The van der Waals surface area contributed by atoms with Gasteiger partial charge in [0, 0.05) is 19.1 Å². The van der Waals surface area contributed by atoms with Crippen molar-refractivity contribution >= 4 is 18.3 Å². The summed E-state index contributed by atoms with van der Waals surface area (Å²) in [6, 6.07) is 0.188. The molecule has 0 aromatic rings. The van der Waals surface area contributed by atoms with E-state index >= 15 is 0 Å². The van der Waals surface area contributed by atoms with Gasteiger partial charge < -0.3 is 15.4 Å². The average Bonchev–Trinajstić information content (AvgIpc) is 2.90. The normalized spacial score (nSPS) is 41.2. The molecule has 0 aromatic carbocycles. The van der Waals surface area contributed by atoms with Crippen molar-refractivity contribution in [2.75, 3.05) is 13.1 Å². The first kappa shape index (κ1) is 12.1. The summed E-state index contributed by atoms with van der Waals surface area (Å²) in [7, 11) is 0. The summed E-state index contributed by atoms with van der Waals surface area (Å²) in [5.41, 5.74) is 5.81. The predicted molar refractivity (Wildman–Crippen MR) is 62.4 cm³/mol. The van der Waals surface area contributed by atoms with Crippen molar-refractivity contribution in [3.63, 3.8) is 0 Å². The Balaban J connectivity index is 0.000000963. The molecule has 1 amide bonds. The summed E-state index contributed by atoms with van der Waals surface area (Å²) in [5, 5.41) is 0. The van der Waals surface area contributed by atoms with Gasteiger partial charge in [0.25, 0.3) is 0 Å². The van der Waals surface area contributed by atoms with E-state index in [1.807, 2.05) is 4.90 Å². The maximum absolute atomic E-state index is 12.2. The van der Waals surface area contributed by atoms with Crippen molar-refractivity contribution in [3.05, 3.63) is 0 Å². The Kier molecular flexibility index (Phi) is 3.42. The second kappa shape index (κ2) is 4.51. The highest BCUT2D eigenvalue weighted by molar-refractivity contribution is 5.85. The van der Waals surface area contributed by atoms with Crippen LogP contribution in [0.25, 0.3) is 0 Å². The minimum absolute atomic E-state index is 0. The fourth-order valence-electron chi connectivity index (χ4n) is 3.12. The molecule has 3 rings (SSSR count). The molecule has 3 saturated heterocycles. The van der Waals surface area contributed by atoms with Crippen molar-refractivity contribution in [2.45, 2.75) is 43.9 Å². The number of carbonyl (C=O) groups is 1. The van der Waals surface area contributed by atoms with Gasteiger partial charge in [0.2, 0.25) is 5.91 Å². The molecule has 3 heterocycles. The second-order valence-corrected chi connectivity index (χ2v) is 5.05. The molecular weight excluding hydrogens is 228 g/mol. The van der Waals surface area contributed by atoms with Crippen LogP contribution in [0.2, 0.25) is 0 Å². The highest BCUT2D eigenvalue weighted by atomic mass is 35.5. The minimum atomic E-state index is 0. The van der Waals surface area contributed by atoms with E-state index in [1.54, 1.807) is 0 Å². The van der Waals surface area contributed by atoms with Gasteiger partial charge in [0.15, 0.2) is 0 Å². The number of halogens is 1. The molecule has 4 unspecified atom stereocenters. The molecule has 2 N–H and O–H groups in total. The van der Waals surface area contributed by atoms with Gasteiger partial charge in [-0.05, 0) is 25.7 Å². The first-order chi connectivity index (χ1) is 7.24. The molecule has 0 spiro atoms. The van der Waals surface area contributed by atoms with Gasteiger partial charge in [-0.3, -0.25) is 4.79 Å². The zero-order chi connectivity index (χ0) is 10.4. The van der Waals surface area contributed by atoms with E-state index in [1.165, 1.54) is 0 Å². The highest BCUT2D eigenvalue weighted by Gasteiger charge is 2.46. The smallest absolute Gasteiger partial charge is 0.228 e. The zero-order valence-corrected chi connectivity index (χ0v) is 10.1. The average molecular weight is 247 g/mol. The van der Waals surface area contributed by atoms with E-state index in [0.29, 0.717) is 6.10 Å². The van der Waals surface area contributed by atoms with Crippen LogP contribution >= 0.6 is 12.4 Å². The maximum atomic E-state index is 12.2. The van der Waals surface area contributed by atoms with Crippen LogP contribution in [0.3, 0.4) is 0 Å². The molecule has 4 atom stereocenters. The Morgan fingerprint density at radius 2 is 2.12 bits per heavy atom. The molecule has 5 heteroatoms. The predicted octanol–water partition coefficient (Wildman–Crippen LogP) is 0.535. The van der Waals surface area contributed by atoms with E-state index in [2.05, 4.69) is 0 Å². The van der Waals surface area contributed by atoms with E-state index in [4.69, 9.17) is 10.5 Å². The summed E-state index contributed by atoms with van der Waals surface area (Å²) < 4.78 is 5.71. The summed E-state index contributed by atoms with van der Waals surface area (Å²) in [5.74, 6) is 0.421. The topological polar surface area (TPSA) is 55.6 Å². The molecule has 0 radical (unpaired) electrons. The summed E-state index contributed by atoms with van der Waals surface area (Å²) >= 11 is 0. The van der Waals surface area contributed by atoms with Gasteiger partial charge in [-0.25, -0.2) is 0 Å². The quantitative estimate of drug-likeness (QED) is 0.735. The summed E-state index contributed by atoms with van der Waals surface area (Å²) in [4.78, 5) is 14.1.